The molecular weight excluding hydrogens is 258 g/mol. The second-order valence-corrected chi connectivity index (χ2v) is 4.60. The Morgan fingerprint density at radius 1 is 1.60 bits per heavy atom. The van der Waals surface area contributed by atoms with Gasteiger partial charge in [-0.05, 0) is 30.0 Å². The largest absolute Gasteiger partial charge is 0.493 e. The molecule has 1 aliphatic rings. The second-order valence-electron chi connectivity index (χ2n) is 3.69. The number of benzene rings is 1. The molecule has 0 aromatic heterocycles. The Bertz CT molecular complexity index is 392. The zero-order chi connectivity index (χ0) is 10.8. The highest BCUT2D eigenvalue weighted by atomic mass is 79.9. The first kappa shape index (κ1) is 10.5. The Kier molecular flexibility index (Phi) is 2.95. The molecule has 1 heterocycles. The molecule has 1 aromatic rings. The maximum Gasteiger partial charge on any atom is 0.218 e. The summed E-state index contributed by atoms with van der Waals surface area (Å²) in [5.74, 6) is 0.817. The third kappa shape index (κ3) is 2.31. The highest BCUT2D eigenvalue weighted by Crippen LogP contribution is 2.37. The third-order valence-electron chi connectivity index (χ3n) is 2.59. The molecule has 0 bridgehead atoms. The van der Waals surface area contributed by atoms with Crippen LogP contribution < -0.4 is 10.5 Å². The van der Waals surface area contributed by atoms with Crippen LogP contribution in [0.2, 0.25) is 0 Å². The summed E-state index contributed by atoms with van der Waals surface area (Å²) in [6, 6.07) is 5.89. The zero-order valence-corrected chi connectivity index (χ0v) is 9.79. The van der Waals surface area contributed by atoms with Crippen LogP contribution in [0, 0.1) is 0 Å². The molecule has 15 heavy (non-hydrogen) atoms. The van der Waals surface area contributed by atoms with Crippen LogP contribution in [-0.4, -0.2) is 12.5 Å². The maximum atomic E-state index is 10.9. The van der Waals surface area contributed by atoms with Crippen molar-refractivity contribution in [3.8, 4) is 5.75 Å². The molecular formula is C11H12BrNO2. The minimum Gasteiger partial charge on any atom is -0.493 e. The summed E-state index contributed by atoms with van der Waals surface area (Å²) in [4.78, 5) is 10.9. The van der Waals surface area contributed by atoms with Gasteiger partial charge in [0.05, 0.1) is 6.61 Å². The van der Waals surface area contributed by atoms with Crippen molar-refractivity contribution in [3.63, 3.8) is 0 Å². The van der Waals surface area contributed by atoms with Crippen molar-refractivity contribution in [2.75, 3.05) is 6.61 Å². The molecule has 0 aliphatic carbocycles. The van der Waals surface area contributed by atoms with E-state index in [2.05, 4.69) is 15.9 Å². The summed E-state index contributed by atoms with van der Waals surface area (Å²) in [7, 11) is 0. The first-order valence-corrected chi connectivity index (χ1v) is 5.66. The summed E-state index contributed by atoms with van der Waals surface area (Å²) in [6.45, 7) is 0.654. The lowest BCUT2D eigenvalue weighted by Crippen LogP contribution is -2.20. The van der Waals surface area contributed by atoms with Gasteiger partial charge in [0.1, 0.15) is 5.75 Å². The minimum absolute atomic E-state index is 0.208. The van der Waals surface area contributed by atoms with Crippen LogP contribution in [0.25, 0.3) is 0 Å². The van der Waals surface area contributed by atoms with Crippen LogP contribution in [0.1, 0.15) is 24.3 Å². The fourth-order valence-corrected chi connectivity index (χ4v) is 2.23. The Labute approximate surface area is 96.7 Å². The number of carbonyl (C=O) groups excluding carboxylic acids is 1. The predicted molar refractivity (Wildman–Crippen MR) is 60.8 cm³/mol. The first-order valence-electron chi connectivity index (χ1n) is 4.87. The molecule has 0 spiro atoms. The normalized spacial score (nSPS) is 19.1. The van der Waals surface area contributed by atoms with E-state index in [4.69, 9.17) is 10.5 Å². The Balaban J connectivity index is 2.30. The Hall–Kier alpha value is -1.03. The van der Waals surface area contributed by atoms with E-state index in [1.165, 1.54) is 0 Å². The number of primary amides is 1. The smallest absolute Gasteiger partial charge is 0.218 e. The van der Waals surface area contributed by atoms with Gasteiger partial charge in [-0.1, -0.05) is 22.0 Å². The topological polar surface area (TPSA) is 52.3 Å². The highest BCUT2D eigenvalue weighted by Gasteiger charge is 2.22. The average Bonchev–Trinajstić information content (AvgIpc) is 2.16. The summed E-state index contributed by atoms with van der Waals surface area (Å²) < 4.78 is 6.52. The monoisotopic (exact) mass is 269 g/mol. The second kappa shape index (κ2) is 4.23. The third-order valence-corrected chi connectivity index (χ3v) is 3.08. The van der Waals surface area contributed by atoms with Crippen molar-refractivity contribution in [2.24, 2.45) is 5.73 Å². The van der Waals surface area contributed by atoms with Crippen molar-refractivity contribution in [3.05, 3.63) is 28.2 Å². The van der Waals surface area contributed by atoms with Gasteiger partial charge < -0.3 is 10.5 Å². The van der Waals surface area contributed by atoms with Crippen molar-refractivity contribution in [1.29, 1.82) is 0 Å². The van der Waals surface area contributed by atoms with Crippen LogP contribution in [0.4, 0.5) is 0 Å². The van der Waals surface area contributed by atoms with Crippen LogP contribution in [0.5, 0.6) is 5.75 Å². The van der Waals surface area contributed by atoms with Crippen molar-refractivity contribution >= 4 is 21.8 Å². The average molecular weight is 270 g/mol. The summed E-state index contributed by atoms with van der Waals surface area (Å²) in [5, 5.41) is 0. The van der Waals surface area contributed by atoms with Crippen LogP contribution in [-0.2, 0) is 4.79 Å². The number of fused-ring (bicyclic) bond motifs is 1. The molecule has 0 radical (unpaired) electrons. The molecule has 80 valence electrons. The van der Waals surface area contributed by atoms with Crippen LogP contribution >= 0.6 is 15.9 Å². The standard InChI is InChI=1S/C11H12BrNO2/c12-8-1-2-9-7(5-11(13)14)3-4-15-10(9)6-8/h1-2,6-7H,3-5H2,(H2,13,14)/t7-/m0/s1. The van der Waals surface area contributed by atoms with Crippen molar-refractivity contribution in [2.45, 2.75) is 18.8 Å². The molecule has 2 rings (SSSR count). The van der Waals surface area contributed by atoms with E-state index in [0.29, 0.717) is 13.0 Å². The van der Waals surface area contributed by atoms with E-state index >= 15 is 0 Å². The number of ether oxygens (including phenoxy) is 1. The number of carbonyl (C=O) groups is 1. The number of amides is 1. The maximum absolute atomic E-state index is 10.9. The van der Waals surface area contributed by atoms with E-state index in [0.717, 1.165) is 22.2 Å². The van der Waals surface area contributed by atoms with E-state index in [9.17, 15) is 4.79 Å². The van der Waals surface area contributed by atoms with Crippen LogP contribution in [0.15, 0.2) is 22.7 Å². The number of nitrogens with two attached hydrogens (primary N) is 1. The van der Waals surface area contributed by atoms with Gasteiger partial charge in [0, 0.05) is 10.9 Å². The lowest BCUT2D eigenvalue weighted by Gasteiger charge is -2.25. The molecule has 1 aromatic carbocycles. The fourth-order valence-electron chi connectivity index (χ4n) is 1.89. The van der Waals surface area contributed by atoms with Gasteiger partial charge in [-0.15, -0.1) is 0 Å². The minimum atomic E-state index is -0.254. The van der Waals surface area contributed by atoms with Gasteiger partial charge in [0.15, 0.2) is 0 Å². The highest BCUT2D eigenvalue weighted by molar-refractivity contribution is 9.10. The van der Waals surface area contributed by atoms with Gasteiger partial charge >= 0.3 is 0 Å². The SMILES string of the molecule is NC(=O)C[C@@H]1CCOc2cc(Br)ccc21. The number of hydrogen-bond acceptors (Lipinski definition) is 2. The van der Waals surface area contributed by atoms with Gasteiger partial charge in [-0.3, -0.25) is 4.79 Å². The Morgan fingerprint density at radius 3 is 3.13 bits per heavy atom. The molecule has 3 nitrogen and oxygen atoms in total. The molecule has 1 aliphatic heterocycles. The summed E-state index contributed by atoms with van der Waals surface area (Å²) >= 11 is 3.39. The van der Waals surface area contributed by atoms with Gasteiger partial charge in [0.25, 0.3) is 0 Å². The molecule has 4 heteroatoms. The zero-order valence-electron chi connectivity index (χ0n) is 8.20. The molecule has 2 N–H and O–H groups in total. The number of halogens is 1. The van der Waals surface area contributed by atoms with Crippen molar-refractivity contribution < 1.29 is 9.53 Å². The number of hydrogen-bond donors (Lipinski definition) is 1. The van der Waals surface area contributed by atoms with E-state index < -0.39 is 0 Å². The molecule has 1 amide bonds. The lowest BCUT2D eigenvalue weighted by atomic mass is 9.90. The van der Waals surface area contributed by atoms with E-state index in [-0.39, 0.29) is 11.8 Å². The molecule has 1 atom stereocenters. The van der Waals surface area contributed by atoms with Gasteiger partial charge in [-0.25, -0.2) is 0 Å². The van der Waals surface area contributed by atoms with Gasteiger partial charge in [-0.2, -0.15) is 0 Å². The molecule has 0 saturated carbocycles. The molecule has 0 saturated heterocycles. The Morgan fingerprint density at radius 2 is 2.40 bits per heavy atom. The van der Waals surface area contributed by atoms with Crippen LogP contribution in [0.3, 0.4) is 0 Å². The summed E-state index contributed by atoms with van der Waals surface area (Å²) in [6.07, 6.45) is 1.26. The molecule has 0 unspecified atom stereocenters. The van der Waals surface area contributed by atoms with Gasteiger partial charge in [0.2, 0.25) is 5.91 Å². The lowest BCUT2D eigenvalue weighted by molar-refractivity contribution is -0.118. The first-order chi connectivity index (χ1) is 7.16. The quantitative estimate of drug-likeness (QED) is 0.895. The fraction of sp³-hybridized carbons (Fsp3) is 0.364. The van der Waals surface area contributed by atoms with Crippen molar-refractivity contribution in [1.82, 2.24) is 0 Å². The molecule has 0 fully saturated rings. The number of rotatable bonds is 2. The van der Waals surface area contributed by atoms with E-state index in [1.807, 2.05) is 18.2 Å². The van der Waals surface area contributed by atoms with E-state index in [1.54, 1.807) is 0 Å². The summed E-state index contributed by atoms with van der Waals surface area (Å²) in [5.41, 5.74) is 6.31. The predicted octanol–water partition coefficient (Wildman–Crippen LogP) is 2.19.